The van der Waals surface area contributed by atoms with Crippen LogP contribution in [0.5, 0.6) is 0 Å². The Kier molecular flexibility index (Phi) is 5.51. The molecule has 0 bridgehead atoms. The van der Waals surface area contributed by atoms with E-state index in [1.165, 1.54) is 17.3 Å². The molecule has 0 aromatic rings. The van der Waals surface area contributed by atoms with E-state index in [-0.39, 0.29) is 0 Å². The molecule has 0 saturated heterocycles. The summed E-state index contributed by atoms with van der Waals surface area (Å²) in [5, 5.41) is 0. The SMILES string of the molecule is CCC/C=C(\Br)CC. The molecule has 0 heterocycles. The number of halogens is 1. The van der Waals surface area contributed by atoms with Crippen LogP contribution in [0.25, 0.3) is 0 Å². The third-order valence-electron chi connectivity index (χ3n) is 0.992. The summed E-state index contributed by atoms with van der Waals surface area (Å²) in [7, 11) is 0. The van der Waals surface area contributed by atoms with Crippen LogP contribution < -0.4 is 0 Å². The van der Waals surface area contributed by atoms with Crippen molar-refractivity contribution in [3.05, 3.63) is 10.6 Å². The van der Waals surface area contributed by atoms with Crippen molar-refractivity contribution in [3.63, 3.8) is 0 Å². The molecule has 0 aliphatic carbocycles. The number of rotatable bonds is 3. The van der Waals surface area contributed by atoms with Crippen LogP contribution in [0.3, 0.4) is 0 Å². The monoisotopic (exact) mass is 176 g/mol. The van der Waals surface area contributed by atoms with Gasteiger partial charge in [0.25, 0.3) is 0 Å². The Hall–Kier alpha value is 0.220. The van der Waals surface area contributed by atoms with E-state index in [1.807, 2.05) is 0 Å². The first-order valence-corrected chi connectivity index (χ1v) is 3.95. The van der Waals surface area contributed by atoms with Crippen molar-refractivity contribution in [2.24, 2.45) is 0 Å². The molecule has 0 atom stereocenters. The molecule has 0 aliphatic heterocycles. The van der Waals surface area contributed by atoms with E-state index in [9.17, 15) is 0 Å². The normalized spacial score (nSPS) is 12.1. The second kappa shape index (κ2) is 5.36. The maximum absolute atomic E-state index is 3.44. The van der Waals surface area contributed by atoms with Crippen LogP contribution in [0.4, 0.5) is 0 Å². The summed E-state index contributed by atoms with van der Waals surface area (Å²) in [5.74, 6) is 0. The molecular weight excluding hydrogens is 164 g/mol. The van der Waals surface area contributed by atoms with Crippen molar-refractivity contribution in [1.29, 1.82) is 0 Å². The third kappa shape index (κ3) is 4.38. The molecule has 0 fully saturated rings. The lowest BCUT2D eigenvalue weighted by Gasteiger charge is -1.88. The standard InChI is InChI=1S/C7H13Br/c1-3-5-6-7(8)4-2/h6H,3-5H2,1-2H3/b7-6-. The molecule has 0 rings (SSSR count). The second-order valence-electron chi connectivity index (χ2n) is 1.79. The molecule has 0 unspecified atom stereocenters. The summed E-state index contributed by atoms with van der Waals surface area (Å²) >= 11 is 3.44. The minimum Gasteiger partial charge on any atom is -0.0744 e. The first-order chi connectivity index (χ1) is 3.81. The Morgan fingerprint density at radius 3 is 2.50 bits per heavy atom. The van der Waals surface area contributed by atoms with Gasteiger partial charge in [0.1, 0.15) is 0 Å². The average molecular weight is 177 g/mol. The van der Waals surface area contributed by atoms with E-state index < -0.39 is 0 Å². The summed E-state index contributed by atoms with van der Waals surface area (Å²) in [6.45, 7) is 4.34. The fourth-order valence-electron chi connectivity index (χ4n) is 0.445. The van der Waals surface area contributed by atoms with E-state index in [2.05, 4.69) is 35.9 Å². The summed E-state index contributed by atoms with van der Waals surface area (Å²) < 4.78 is 1.33. The minimum atomic E-state index is 1.12. The van der Waals surface area contributed by atoms with Gasteiger partial charge in [0, 0.05) is 0 Å². The van der Waals surface area contributed by atoms with Gasteiger partial charge in [0.2, 0.25) is 0 Å². The fraction of sp³-hybridized carbons (Fsp3) is 0.714. The molecule has 0 amide bonds. The molecule has 1 heteroatoms. The van der Waals surface area contributed by atoms with Gasteiger partial charge in [-0.15, -0.1) is 0 Å². The molecule has 0 aromatic heterocycles. The molecule has 0 saturated carbocycles. The smallest absolute Gasteiger partial charge is 0.00920 e. The lowest BCUT2D eigenvalue weighted by Crippen LogP contribution is -1.66. The van der Waals surface area contributed by atoms with Gasteiger partial charge in [-0.05, 0) is 17.3 Å². The summed E-state index contributed by atoms with van der Waals surface area (Å²) in [4.78, 5) is 0. The van der Waals surface area contributed by atoms with Crippen LogP contribution >= 0.6 is 15.9 Å². The van der Waals surface area contributed by atoms with Crippen LogP contribution in [-0.4, -0.2) is 0 Å². The van der Waals surface area contributed by atoms with Crippen molar-refractivity contribution < 1.29 is 0 Å². The van der Waals surface area contributed by atoms with Crippen LogP contribution in [0, 0.1) is 0 Å². The van der Waals surface area contributed by atoms with Gasteiger partial charge in [-0.25, -0.2) is 0 Å². The fourth-order valence-corrected chi connectivity index (χ4v) is 0.674. The first-order valence-electron chi connectivity index (χ1n) is 3.15. The molecule has 0 spiro atoms. The molecule has 0 N–H and O–H groups in total. The Morgan fingerprint density at radius 1 is 1.50 bits per heavy atom. The number of hydrogen-bond donors (Lipinski definition) is 0. The predicted octanol–water partition coefficient (Wildman–Crippen LogP) is 3.48. The van der Waals surface area contributed by atoms with E-state index in [1.54, 1.807) is 0 Å². The van der Waals surface area contributed by atoms with Crippen molar-refractivity contribution in [1.82, 2.24) is 0 Å². The lowest BCUT2D eigenvalue weighted by atomic mass is 10.3. The Labute approximate surface area is 60.1 Å². The predicted molar refractivity (Wildman–Crippen MR) is 42.2 cm³/mol. The third-order valence-corrected chi connectivity index (χ3v) is 1.88. The Bertz CT molecular complexity index is 74.5. The van der Waals surface area contributed by atoms with Gasteiger partial charge in [-0.2, -0.15) is 0 Å². The van der Waals surface area contributed by atoms with E-state index >= 15 is 0 Å². The van der Waals surface area contributed by atoms with Gasteiger partial charge >= 0.3 is 0 Å². The second-order valence-corrected chi connectivity index (χ2v) is 2.81. The van der Waals surface area contributed by atoms with Crippen molar-refractivity contribution in [2.45, 2.75) is 33.1 Å². The maximum Gasteiger partial charge on any atom is -0.00920 e. The Balaban J connectivity index is 3.26. The van der Waals surface area contributed by atoms with Crippen LogP contribution in [0.1, 0.15) is 33.1 Å². The van der Waals surface area contributed by atoms with Gasteiger partial charge in [0.05, 0.1) is 0 Å². The largest absolute Gasteiger partial charge is 0.0744 e. The summed E-state index contributed by atoms with van der Waals surface area (Å²) in [6, 6.07) is 0. The molecule has 0 radical (unpaired) electrons. The lowest BCUT2D eigenvalue weighted by molar-refractivity contribution is 0.949. The number of hydrogen-bond acceptors (Lipinski definition) is 0. The number of allylic oxidation sites excluding steroid dienone is 2. The number of unbranched alkanes of at least 4 members (excludes halogenated alkanes) is 1. The van der Waals surface area contributed by atoms with E-state index in [0.717, 1.165) is 6.42 Å². The van der Waals surface area contributed by atoms with Gasteiger partial charge in [-0.3, -0.25) is 0 Å². The van der Waals surface area contributed by atoms with E-state index in [4.69, 9.17) is 0 Å². The van der Waals surface area contributed by atoms with E-state index in [0.29, 0.717) is 0 Å². The zero-order chi connectivity index (χ0) is 6.41. The zero-order valence-electron chi connectivity index (χ0n) is 5.58. The average Bonchev–Trinajstić information content (AvgIpc) is 1.83. The van der Waals surface area contributed by atoms with Crippen molar-refractivity contribution >= 4 is 15.9 Å². The molecule has 8 heavy (non-hydrogen) atoms. The molecule has 0 nitrogen and oxygen atoms in total. The summed E-state index contributed by atoms with van der Waals surface area (Å²) in [6.07, 6.45) is 5.81. The molecular formula is C7H13Br. The highest BCUT2D eigenvalue weighted by molar-refractivity contribution is 9.11. The Morgan fingerprint density at radius 2 is 2.12 bits per heavy atom. The molecule has 0 aliphatic rings. The quantitative estimate of drug-likeness (QED) is 0.619. The highest BCUT2D eigenvalue weighted by Crippen LogP contribution is 2.10. The van der Waals surface area contributed by atoms with Gasteiger partial charge in [-0.1, -0.05) is 42.3 Å². The molecule has 48 valence electrons. The molecule has 0 aromatic carbocycles. The van der Waals surface area contributed by atoms with Crippen LogP contribution in [0.2, 0.25) is 0 Å². The van der Waals surface area contributed by atoms with Crippen molar-refractivity contribution in [3.8, 4) is 0 Å². The topological polar surface area (TPSA) is 0 Å². The summed E-state index contributed by atoms with van der Waals surface area (Å²) in [5.41, 5.74) is 0. The highest BCUT2D eigenvalue weighted by Gasteiger charge is 1.81. The first kappa shape index (κ1) is 8.22. The van der Waals surface area contributed by atoms with Crippen LogP contribution in [-0.2, 0) is 0 Å². The van der Waals surface area contributed by atoms with Crippen molar-refractivity contribution in [2.75, 3.05) is 0 Å². The maximum atomic E-state index is 3.44. The van der Waals surface area contributed by atoms with Crippen LogP contribution in [0.15, 0.2) is 10.6 Å². The van der Waals surface area contributed by atoms with Gasteiger partial charge < -0.3 is 0 Å². The van der Waals surface area contributed by atoms with Gasteiger partial charge in [0.15, 0.2) is 0 Å². The minimum absolute atomic E-state index is 1.12. The zero-order valence-corrected chi connectivity index (χ0v) is 7.16. The highest BCUT2D eigenvalue weighted by atomic mass is 79.9.